The van der Waals surface area contributed by atoms with E-state index in [1.807, 2.05) is 30.3 Å². The van der Waals surface area contributed by atoms with E-state index in [0.29, 0.717) is 17.9 Å². The fourth-order valence-electron chi connectivity index (χ4n) is 3.92. The van der Waals surface area contributed by atoms with Gasteiger partial charge in [-0.2, -0.15) is 0 Å². The quantitative estimate of drug-likeness (QED) is 0.785. The van der Waals surface area contributed by atoms with Gasteiger partial charge < -0.3 is 4.90 Å². The summed E-state index contributed by atoms with van der Waals surface area (Å²) in [7, 11) is -1.35. The van der Waals surface area contributed by atoms with E-state index in [-0.39, 0.29) is 6.04 Å². The lowest BCUT2D eigenvalue weighted by atomic mass is 9.98. The SMILES string of the molecule is CN1CCN([C@@H](CNS(=O)(=O)C2=Cc3ccccc3CC2)c2cccs2)CC1. The van der Waals surface area contributed by atoms with Gasteiger partial charge in [-0.15, -0.1) is 11.3 Å². The number of rotatable bonds is 6. The van der Waals surface area contributed by atoms with Crippen molar-refractivity contribution in [2.75, 3.05) is 39.8 Å². The zero-order valence-electron chi connectivity index (χ0n) is 16.2. The van der Waals surface area contributed by atoms with Gasteiger partial charge in [-0.1, -0.05) is 30.3 Å². The van der Waals surface area contributed by atoms with Crippen LogP contribution in [0.5, 0.6) is 0 Å². The van der Waals surface area contributed by atoms with Crippen molar-refractivity contribution in [3.8, 4) is 0 Å². The third kappa shape index (κ3) is 4.39. The average Bonchev–Trinajstić information content (AvgIpc) is 3.23. The van der Waals surface area contributed by atoms with Gasteiger partial charge in [0.05, 0.1) is 10.9 Å². The molecule has 0 bridgehead atoms. The van der Waals surface area contributed by atoms with Gasteiger partial charge in [0.25, 0.3) is 0 Å². The van der Waals surface area contributed by atoms with E-state index < -0.39 is 10.0 Å². The van der Waals surface area contributed by atoms with Crippen LogP contribution in [0.1, 0.15) is 28.5 Å². The molecule has 1 N–H and O–H groups in total. The molecule has 1 aliphatic carbocycles. The van der Waals surface area contributed by atoms with E-state index in [2.05, 4.69) is 39.1 Å². The molecule has 0 unspecified atom stereocenters. The molecule has 0 spiro atoms. The molecule has 1 aromatic heterocycles. The number of thiophene rings is 1. The van der Waals surface area contributed by atoms with Gasteiger partial charge in [-0.25, -0.2) is 13.1 Å². The second-order valence-corrected chi connectivity index (χ2v) is 10.3. The monoisotopic (exact) mass is 417 g/mol. The maximum atomic E-state index is 13.0. The Hall–Kier alpha value is -1.51. The number of hydrogen-bond acceptors (Lipinski definition) is 5. The Bertz CT molecular complexity index is 930. The number of fused-ring (bicyclic) bond motifs is 1. The lowest BCUT2D eigenvalue weighted by Gasteiger charge is -2.37. The molecule has 1 aliphatic heterocycles. The zero-order chi connectivity index (χ0) is 19.6. The van der Waals surface area contributed by atoms with Gasteiger partial charge in [-0.05, 0) is 48.5 Å². The van der Waals surface area contributed by atoms with E-state index in [4.69, 9.17) is 0 Å². The molecule has 7 heteroatoms. The highest BCUT2D eigenvalue weighted by Gasteiger charge is 2.28. The average molecular weight is 418 g/mol. The Balaban J connectivity index is 1.50. The first kappa shape index (κ1) is 19.8. The van der Waals surface area contributed by atoms with Crippen LogP contribution in [0.2, 0.25) is 0 Å². The summed E-state index contributed by atoms with van der Waals surface area (Å²) in [5.74, 6) is 0. The second-order valence-electron chi connectivity index (χ2n) is 7.53. The molecule has 4 rings (SSSR count). The Morgan fingerprint density at radius 2 is 1.86 bits per heavy atom. The molecule has 2 heterocycles. The Labute approximate surface area is 171 Å². The number of nitrogens with one attached hydrogen (secondary N) is 1. The normalized spacial score (nSPS) is 19.8. The standard InChI is InChI=1S/C21H27N3O2S2/c1-23-10-12-24(13-11-23)20(21-7-4-14-27-21)16-22-28(25,26)19-9-8-17-5-2-3-6-18(17)15-19/h2-7,14-15,20,22H,8-13,16H2,1H3/t20-/m0/s1. The molecule has 150 valence electrons. The summed E-state index contributed by atoms with van der Waals surface area (Å²) in [4.78, 5) is 6.43. The number of allylic oxidation sites excluding steroid dienone is 1. The lowest BCUT2D eigenvalue weighted by molar-refractivity contribution is 0.114. The summed E-state index contributed by atoms with van der Waals surface area (Å²) >= 11 is 1.70. The highest BCUT2D eigenvalue weighted by Crippen LogP contribution is 2.29. The van der Waals surface area contributed by atoms with Crippen LogP contribution in [0.4, 0.5) is 0 Å². The van der Waals surface area contributed by atoms with Crippen LogP contribution < -0.4 is 4.72 Å². The molecule has 28 heavy (non-hydrogen) atoms. The maximum Gasteiger partial charge on any atom is 0.236 e. The third-order valence-electron chi connectivity index (χ3n) is 5.67. The predicted molar refractivity (Wildman–Crippen MR) is 116 cm³/mol. The Morgan fingerprint density at radius 1 is 1.07 bits per heavy atom. The molecule has 2 aromatic rings. The van der Waals surface area contributed by atoms with Crippen LogP contribution in [0, 0.1) is 0 Å². The van der Waals surface area contributed by atoms with Crippen LogP contribution in [0.15, 0.2) is 46.7 Å². The first-order valence-electron chi connectivity index (χ1n) is 9.77. The first-order chi connectivity index (χ1) is 13.5. The van der Waals surface area contributed by atoms with Gasteiger partial charge >= 0.3 is 0 Å². The summed E-state index contributed by atoms with van der Waals surface area (Å²) in [5, 5.41) is 2.06. The molecule has 0 radical (unpaired) electrons. The highest BCUT2D eigenvalue weighted by molar-refractivity contribution is 7.93. The van der Waals surface area contributed by atoms with Crippen LogP contribution in [0.25, 0.3) is 6.08 Å². The summed E-state index contributed by atoms with van der Waals surface area (Å²) in [5.41, 5.74) is 2.23. The topological polar surface area (TPSA) is 52.6 Å². The van der Waals surface area contributed by atoms with E-state index in [1.165, 1.54) is 10.4 Å². The van der Waals surface area contributed by atoms with E-state index in [1.54, 1.807) is 11.3 Å². The Morgan fingerprint density at radius 3 is 2.61 bits per heavy atom. The summed E-state index contributed by atoms with van der Waals surface area (Å²) < 4.78 is 28.9. The second kappa shape index (κ2) is 8.47. The molecule has 2 aliphatic rings. The molecule has 1 saturated heterocycles. The maximum absolute atomic E-state index is 13.0. The van der Waals surface area contributed by atoms with Crippen molar-refractivity contribution in [3.05, 3.63) is 62.7 Å². The van der Waals surface area contributed by atoms with Gasteiger partial charge in [0.2, 0.25) is 10.0 Å². The van der Waals surface area contributed by atoms with Gasteiger partial charge in [0, 0.05) is 37.6 Å². The molecule has 5 nitrogen and oxygen atoms in total. The smallest absolute Gasteiger partial charge is 0.236 e. The van der Waals surface area contributed by atoms with Crippen molar-refractivity contribution < 1.29 is 8.42 Å². The number of benzene rings is 1. The molecule has 0 amide bonds. The fraction of sp³-hybridized carbons (Fsp3) is 0.429. The van der Waals surface area contributed by atoms with E-state index >= 15 is 0 Å². The van der Waals surface area contributed by atoms with Crippen LogP contribution in [-0.4, -0.2) is 58.0 Å². The van der Waals surface area contributed by atoms with Crippen molar-refractivity contribution in [1.29, 1.82) is 0 Å². The van der Waals surface area contributed by atoms with Crippen LogP contribution >= 0.6 is 11.3 Å². The predicted octanol–water partition coefficient (Wildman–Crippen LogP) is 2.94. The van der Waals surface area contributed by atoms with Crippen molar-refractivity contribution in [3.63, 3.8) is 0 Å². The highest BCUT2D eigenvalue weighted by atomic mass is 32.2. The number of aryl methyl sites for hydroxylation is 1. The minimum atomic E-state index is -3.48. The molecular weight excluding hydrogens is 390 g/mol. The molecule has 1 atom stereocenters. The van der Waals surface area contributed by atoms with E-state index in [0.717, 1.165) is 38.2 Å². The number of likely N-dealkylation sites (N-methyl/N-ethyl adjacent to an activating group) is 1. The molecule has 0 saturated carbocycles. The van der Waals surface area contributed by atoms with Crippen LogP contribution in [-0.2, 0) is 16.4 Å². The minimum Gasteiger partial charge on any atom is -0.304 e. The van der Waals surface area contributed by atoms with Crippen LogP contribution in [0.3, 0.4) is 0 Å². The number of hydrogen-bond donors (Lipinski definition) is 1. The molecular formula is C21H27N3O2S2. The number of nitrogens with zero attached hydrogens (tertiary/aromatic N) is 2. The molecule has 1 fully saturated rings. The summed E-state index contributed by atoms with van der Waals surface area (Å²) in [6, 6.07) is 12.3. The van der Waals surface area contributed by atoms with E-state index in [9.17, 15) is 8.42 Å². The van der Waals surface area contributed by atoms with Crippen molar-refractivity contribution in [1.82, 2.24) is 14.5 Å². The minimum absolute atomic E-state index is 0.0833. The Kier molecular flexibility index (Phi) is 5.99. The number of sulfonamides is 1. The van der Waals surface area contributed by atoms with Gasteiger partial charge in [0.1, 0.15) is 0 Å². The lowest BCUT2D eigenvalue weighted by Crippen LogP contribution is -2.48. The fourth-order valence-corrected chi connectivity index (χ4v) is 6.00. The van der Waals surface area contributed by atoms with Gasteiger partial charge in [-0.3, -0.25) is 4.90 Å². The van der Waals surface area contributed by atoms with Crippen molar-refractivity contribution in [2.45, 2.75) is 18.9 Å². The van der Waals surface area contributed by atoms with Gasteiger partial charge in [0.15, 0.2) is 0 Å². The largest absolute Gasteiger partial charge is 0.304 e. The summed E-state index contributed by atoms with van der Waals surface area (Å²) in [6.45, 7) is 4.34. The third-order valence-corrected chi connectivity index (χ3v) is 8.21. The van der Waals surface area contributed by atoms with Crippen molar-refractivity contribution >= 4 is 27.4 Å². The van der Waals surface area contributed by atoms with Crippen molar-refractivity contribution in [2.24, 2.45) is 0 Å². The number of piperazine rings is 1. The zero-order valence-corrected chi connectivity index (χ0v) is 17.8. The molecule has 1 aromatic carbocycles. The summed E-state index contributed by atoms with van der Waals surface area (Å²) in [6.07, 6.45) is 3.16. The first-order valence-corrected chi connectivity index (χ1v) is 12.1.